The van der Waals surface area contributed by atoms with Crippen molar-refractivity contribution in [2.24, 2.45) is 5.92 Å². The number of carbonyl (C=O) groups is 1. The van der Waals surface area contributed by atoms with Crippen molar-refractivity contribution in [1.29, 1.82) is 0 Å². The molecule has 0 aliphatic rings. The molecular weight excluding hydrogens is 311 g/mol. The number of carbonyl (C=O) groups excluding carboxylic acids is 1. The Morgan fingerprint density at radius 3 is 2.39 bits per heavy atom. The number of rotatable bonds is 6. The second kappa shape index (κ2) is 7.89. The van der Waals surface area contributed by atoms with Gasteiger partial charge in [-0.15, -0.1) is 0 Å². The fraction of sp³-hybridized carbons (Fsp3) is 0.438. The molecule has 7 heteroatoms. The lowest BCUT2D eigenvalue weighted by atomic mass is 10.1. The maximum atomic E-state index is 13.1. The average Bonchev–Trinajstić information content (AvgIpc) is 2.48. The molecule has 1 rings (SSSR count). The molecule has 128 valence electrons. The van der Waals surface area contributed by atoms with Gasteiger partial charge in [0.1, 0.15) is 5.56 Å². The molecule has 0 radical (unpaired) electrons. The fourth-order valence-corrected chi connectivity index (χ4v) is 1.83. The van der Waals surface area contributed by atoms with Crippen molar-refractivity contribution in [3.63, 3.8) is 0 Å². The van der Waals surface area contributed by atoms with Crippen LogP contribution in [0, 0.1) is 5.92 Å². The SMILES string of the molecule is COc1cc(C=CC(=O)NCC(C)C)cc(C(F)(F)F)c1OC. The highest BCUT2D eigenvalue weighted by Gasteiger charge is 2.36. The molecule has 1 aromatic carbocycles. The summed E-state index contributed by atoms with van der Waals surface area (Å²) in [5.41, 5.74) is -0.767. The molecule has 0 aliphatic carbocycles. The lowest BCUT2D eigenvalue weighted by Crippen LogP contribution is -2.25. The highest BCUT2D eigenvalue weighted by molar-refractivity contribution is 5.91. The van der Waals surface area contributed by atoms with Gasteiger partial charge in [0.25, 0.3) is 0 Å². The van der Waals surface area contributed by atoms with Gasteiger partial charge in [0.05, 0.1) is 14.2 Å². The molecule has 0 aliphatic heterocycles. The van der Waals surface area contributed by atoms with E-state index in [0.717, 1.165) is 13.2 Å². The number of hydrogen-bond donors (Lipinski definition) is 1. The summed E-state index contributed by atoms with van der Waals surface area (Å²) >= 11 is 0. The average molecular weight is 331 g/mol. The van der Waals surface area contributed by atoms with Crippen LogP contribution >= 0.6 is 0 Å². The van der Waals surface area contributed by atoms with Gasteiger partial charge in [0, 0.05) is 12.6 Å². The molecule has 1 N–H and O–H groups in total. The van der Waals surface area contributed by atoms with E-state index < -0.39 is 11.7 Å². The van der Waals surface area contributed by atoms with Gasteiger partial charge in [0.15, 0.2) is 11.5 Å². The second-order valence-corrected chi connectivity index (χ2v) is 5.27. The molecule has 0 unspecified atom stereocenters. The van der Waals surface area contributed by atoms with E-state index >= 15 is 0 Å². The molecule has 0 bridgehead atoms. The third-order valence-electron chi connectivity index (χ3n) is 2.92. The van der Waals surface area contributed by atoms with Crippen LogP contribution in [0.2, 0.25) is 0 Å². The van der Waals surface area contributed by atoms with Crippen molar-refractivity contribution in [3.8, 4) is 11.5 Å². The predicted octanol–water partition coefficient (Wildman–Crippen LogP) is 3.51. The number of benzene rings is 1. The maximum absolute atomic E-state index is 13.1. The zero-order valence-corrected chi connectivity index (χ0v) is 13.5. The Morgan fingerprint density at radius 2 is 1.91 bits per heavy atom. The van der Waals surface area contributed by atoms with Crippen LogP contribution in [0.3, 0.4) is 0 Å². The van der Waals surface area contributed by atoms with Crippen molar-refractivity contribution in [1.82, 2.24) is 5.32 Å². The summed E-state index contributed by atoms with van der Waals surface area (Å²) in [6, 6.07) is 2.29. The molecule has 0 saturated heterocycles. The monoisotopic (exact) mass is 331 g/mol. The minimum Gasteiger partial charge on any atom is -0.493 e. The summed E-state index contributed by atoms with van der Waals surface area (Å²) in [6.45, 7) is 4.37. The topological polar surface area (TPSA) is 47.6 Å². The molecule has 0 aromatic heterocycles. The van der Waals surface area contributed by atoms with Crippen LogP contribution in [0.1, 0.15) is 25.0 Å². The zero-order chi connectivity index (χ0) is 17.6. The van der Waals surface area contributed by atoms with Crippen LogP contribution in [0.25, 0.3) is 6.08 Å². The maximum Gasteiger partial charge on any atom is 0.420 e. The molecule has 0 atom stereocenters. The number of ether oxygens (including phenoxy) is 2. The van der Waals surface area contributed by atoms with Crippen molar-refractivity contribution in [2.75, 3.05) is 20.8 Å². The molecule has 1 amide bonds. The first-order valence-electron chi connectivity index (χ1n) is 6.98. The summed E-state index contributed by atoms with van der Waals surface area (Å²) in [4.78, 5) is 11.6. The predicted molar refractivity (Wildman–Crippen MR) is 81.4 cm³/mol. The first kappa shape index (κ1) is 18.9. The fourth-order valence-electron chi connectivity index (χ4n) is 1.83. The smallest absolute Gasteiger partial charge is 0.420 e. The number of hydrogen-bond acceptors (Lipinski definition) is 3. The largest absolute Gasteiger partial charge is 0.493 e. The molecule has 4 nitrogen and oxygen atoms in total. The Hall–Kier alpha value is -2.18. The summed E-state index contributed by atoms with van der Waals surface area (Å²) in [5, 5.41) is 2.64. The van der Waals surface area contributed by atoms with Gasteiger partial charge < -0.3 is 14.8 Å². The van der Waals surface area contributed by atoms with Crippen LogP contribution in [0.15, 0.2) is 18.2 Å². The standard InChI is InChI=1S/C16H20F3NO3/c1-10(2)9-20-14(21)6-5-11-7-12(16(17,18)19)15(23-4)13(8-11)22-3/h5-8,10H,9H2,1-4H3,(H,20,21). The van der Waals surface area contributed by atoms with E-state index in [1.54, 1.807) is 0 Å². The van der Waals surface area contributed by atoms with Crippen LogP contribution < -0.4 is 14.8 Å². The third kappa shape index (κ3) is 5.50. The second-order valence-electron chi connectivity index (χ2n) is 5.27. The molecule has 1 aromatic rings. The minimum atomic E-state index is -4.59. The number of amides is 1. The summed E-state index contributed by atoms with van der Waals surface area (Å²) in [7, 11) is 2.39. The van der Waals surface area contributed by atoms with Crippen LogP contribution in [0.4, 0.5) is 13.2 Å². The molecule has 23 heavy (non-hydrogen) atoms. The van der Waals surface area contributed by atoms with E-state index in [2.05, 4.69) is 5.32 Å². The Labute approximate surface area is 133 Å². The van der Waals surface area contributed by atoms with Gasteiger partial charge in [-0.3, -0.25) is 4.79 Å². The first-order chi connectivity index (χ1) is 10.7. The van der Waals surface area contributed by atoms with E-state index in [0.29, 0.717) is 6.54 Å². The van der Waals surface area contributed by atoms with Crippen LogP contribution in [-0.4, -0.2) is 26.7 Å². The summed E-state index contributed by atoms with van der Waals surface area (Å²) in [6.07, 6.45) is -2.11. The van der Waals surface area contributed by atoms with E-state index in [-0.39, 0.29) is 28.9 Å². The molecule has 0 heterocycles. The van der Waals surface area contributed by atoms with Gasteiger partial charge in [-0.1, -0.05) is 13.8 Å². The van der Waals surface area contributed by atoms with Crippen molar-refractivity contribution >= 4 is 12.0 Å². The minimum absolute atomic E-state index is 0.0513. The first-order valence-corrected chi connectivity index (χ1v) is 6.98. The highest BCUT2D eigenvalue weighted by atomic mass is 19.4. The van der Waals surface area contributed by atoms with Gasteiger partial charge >= 0.3 is 6.18 Å². The number of methoxy groups -OCH3 is 2. The van der Waals surface area contributed by atoms with E-state index in [9.17, 15) is 18.0 Å². The number of nitrogens with one attached hydrogen (secondary N) is 1. The quantitative estimate of drug-likeness (QED) is 0.812. The van der Waals surface area contributed by atoms with Crippen molar-refractivity contribution in [2.45, 2.75) is 20.0 Å². The Kier molecular flexibility index (Phi) is 6.48. The Balaban J connectivity index is 3.11. The van der Waals surface area contributed by atoms with Crippen LogP contribution in [-0.2, 0) is 11.0 Å². The highest BCUT2D eigenvalue weighted by Crippen LogP contribution is 2.42. The van der Waals surface area contributed by atoms with Crippen LogP contribution in [0.5, 0.6) is 11.5 Å². The Bertz CT molecular complexity index is 581. The van der Waals surface area contributed by atoms with Crippen molar-refractivity contribution < 1.29 is 27.4 Å². The molecular formula is C16H20F3NO3. The zero-order valence-electron chi connectivity index (χ0n) is 13.5. The van der Waals surface area contributed by atoms with Crippen molar-refractivity contribution in [3.05, 3.63) is 29.3 Å². The number of halogens is 3. The lowest BCUT2D eigenvalue weighted by molar-refractivity contribution is -0.138. The van der Waals surface area contributed by atoms with E-state index in [1.165, 1.54) is 25.3 Å². The van der Waals surface area contributed by atoms with E-state index in [1.807, 2.05) is 13.8 Å². The summed E-state index contributed by atoms with van der Waals surface area (Å²) < 4.78 is 49.0. The molecule has 0 fully saturated rings. The van der Waals surface area contributed by atoms with Gasteiger partial charge in [-0.05, 0) is 29.7 Å². The number of alkyl halides is 3. The van der Waals surface area contributed by atoms with Gasteiger partial charge in [-0.2, -0.15) is 13.2 Å². The molecule has 0 saturated carbocycles. The normalized spacial score (nSPS) is 11.8. The van der Waals surface area contributed by atoms with Gasteiger partial charge in [0.2, 0.25) is 5.91 Å². The Morgan fingerprint density at radius 1 is 1.26 bits per heavy atom. The lowest BCUT2D eigenvalue weighted by Gasteiger charge is -2.16. The summed E-state index contributed by atoms with van der Waals surface area (Å²) in [5.74, 6) is -0.529. The van der Waals surface area contributed by atoms with Gasteiger partial charge in [-0.25, -0.2) is 0 Å². The molecule has 0 spiro atoms. The third-order valence-corrected chi connectivity index (χ3v) is 2.92. The van der Waals surface area contributed by atoms with E-state index in [4.69, 9.17) is 9.47 Å².